The van der Waals surface area contributed by atoms with Crippen molar-refractivity contribution < 1.29 is 19.2 Å². The number of fused-ring (bicyclic) bond motifs is 1. The van der Waals surface area contributed by atoms with Gasteiger partial charge in [0, 0.05) is 4.88 Å². The molecular formula is C19H29N2O3S+. The molecule has 1 saturated heterocycles. The van der Waals surface area contributed by atoms with Crippen LogP contribution in [0.5, 0.6) is 0 Å². The number of quaternary nitrogens is 1. The number of anilines is 1. The summed E-state index contributed by atoms with van der Waals surface area (Å²) in [6.45, 7) is 7.04. The third-order valence-corrected chi connectivity index (χ3v) is 6.50. The van der Waals surface area contributed by atoms with Gasteiger partial charge < -0.3 is 15.0 Å². The maximum atomic E-state index is 12.5. The van der Waals surface area contributed by atoms with Gasteiger partial charge in [0.2, 0.25) is 0 Å². The molecular weight excluding hydrogens is 336 g/mol. The summed E-state index contributed by atoms with van der Waals surface area (Å²) < 4.78 is 5.25. The lowest BCUT2D eigenvalue weighted by atomic mass is 9.95. The highest BCUT2D eigenvalue weighted by Crippen LogP contribution is 2.38. The summed E-state index contributed by atoms with van der Waals surface area (Å²) in [6, 6.07) is 0. The van der Waals surface area contributed by atoms with Crippen LogP contribution in [-0.4, -0.2) is 38.1 Å². The predicted molar refractivity (Wildman–Crippen MR) is 99.5 cm³/mol. The monoisotopic (exact) mass is 365 g/mol. The Hall–Kier alpha value is -1.40. The minimum absolute atomic E-state index is 0.00805. The standard InChI is InChI=1S/C19H28N2O3S/c1-3-24-19(23)17-14-6-4-5-7-15(14)25-18(17)20-16(22)12-21-10-8-13(2)9-11-21/h13H,3-12H2,1-2H3,(H,20,22)/p+1. The highest BCUT2D eigenvalue weighted by atomic mass is 32.1. The zero-order valence-electron chi connectivity index (χ0n) is 15.3. The summed E-state index contributed by atoms with van der Waals surface area (Å²) in [5.41, 5.74) is 1.71. The van der Waals surface area contributed by atoms with E-state index in [-0.39, 0.29) is 11.9 Å². The maximum Gasteiger partial charge on any atom is 0.341 e. The molecule has 1 amide bonds. The van der Waals surface area contributed by atoms with Crippen molar-refractivity contribution in [1.82, 2.24) is 0 Å². The molecule has 25 heavy (non-hydrogen) atoms. The maximum absolute atomic E-state index is 12.5. The largest absolute Gasteiger partial charge is 0.462 e. The van der Waals surface area contributed by atoms with E-state index in [1.54, 1.807) is 11.3 Å². The highest BCUT2D eigenvalue weighted by molar-refractivity contribution is 7.17. The van der Waals surface area contributed by atoms with Gasteiger partial charge in [0.1, 0.15) is 5.00 Å². The van der Waals surface area contributed by atoms with E-state index in [1.807, 2.05) is 6.92 Å². The van der Waals surface area contributed by atoms with Crippen molar-refractivity contribution in [3.8, 4) is 0 Å². The van der Waals surface area contributed by atoms with Crippen molar-refractivity contribution >= 4 is 28.2 Å². The molecule has 6 heteroatoms. The topological polar surface area (TPSA) is 59.8 Å². The molecule has 1 aromatic heterocycles. The Morgan fingerprint density at radius 1 is 1.24 bits per heavy atom. The molecule has 138 valence electrons. The number of hydrogen-bond acceptors (Lipinski definition) is 4. The van der Waals surface area contributed by atoms with Crippen LogP contribution in [0.4, 0.5) is 5.00 Å². The Balaban J connectivity index is 1.71. The van der Waals surface area contributed by atoms with E-state index in [9.17, 15) is 9.59 Å². The molecule has 2 aliphatic rings. The quantitative estimate of drug-likeness (QED) is 0.785. The molecule has 1 aromatic rings. The zero-order valence-corrected chi connectivity index (χ0v) is 16.1. The number of carbonyl (C=O) groups excluding carboxylic acids is 2. The van der Waals surface area contributed by atoms with Crippen LogP contribution in [0.3, 0.4) is 0 Å². The average molecular weight is 366 g/mol. The molecule has 3 rings (SSSR count). The number of ether oxygens (including phenoxy) is 1. The minimum atomic E-state index is -0.295. The second-order valence-electron chi connectivity index (χ2n) is 7.29. The van der Waals surface area contributed by atoms with Crippen molar-refractivity contribution in [2.45, 2.75) is 52.4 Å². The zero-order chi connectivity index (χ0) is 17.8. The van der Waals surface area contributed by atoms with Crippen molar-refractivity contribution in [3.63, 3.8) is 0 Å². The van der Waals surface area contributed by atoms with E-state index in [0.29, 0.717) is 23.7 Å². The van der Waals surface area contributed by atoms with Gasteiger partial charge in [0.25, 0.3) is 5.91 Å². The number of thiophene rings is 1. The Labute approximate surface area is 153 Å². The fraction of sp³-hybridized carbons (Fsp3) is 0.684. The summed E-state index contributed by atoms with van der Waals surface area (Å²) in [5.74, 6) is 0.483. The fourth-order valence-corrected chi connectivity index (χ4v) is 5.11. The summed E-state index contributed by atoms with van der Waals surface area (Å²) in [5, 5.41) is 3.72. The molecule has 1 aliphatic heterocycles. The normalized spacial score (nSPS) is 23.0. The highest BCUT2D eigenvalue weighted by Gasteiger charge is 2.28. The van der Waals surface area contributed by atoms with Crippen LogP contribution in [0.2, 0.25) is 0 Å². The first kappa shape index (κ1) is 18.4. The van der Waals surface area contributed by atoms with Crippen LogP contribution in [0, 0.1) is 5.92 Å². The molecule has 5 nitrogen and oxygen atoms in total. The SMILES string of the molecule is CCOC(=O)c1c(NC(=O)C[NH+]2CCC(C)CC2)sc2c1CCCC2. The number of aryl methyl sites for hydroxylation is 1. The molecule has 0 bridgehead atoms. The average Bonchev–Trinajstić information content (AvgIpc) is 2.95. The number of nitrogens with one attached hydrogen (secondary N) is 2. The summed E-state index contributed by atoms with van der Waals surface area (Å²) >= 11 is 1.56. The number of carbonyl (C=O) groups is 2. The van der Waals surface area contributed by atoms with Crippen LogP contribution in [-0.2, 0) is 22.4 Å². The smallest absolute Gasteiger partial charge is 0.341 e. The molecule has 2 heterocycles. The number of amides is 1. The third kappa shape index (κ3) is 4.42. The van der Waals surface area contributed by atoms with E-state index < -0.39 is 0 Å². The van der Waals surface area contributed by atoms with E-state index in [0.717, 1.165) is 50.3 Å². The minimum Gasteiger partial charge on any atom is -0.462 e. The van der Waals surface area contributed by atoms with Gasteiger partial charge in [-0.05, 0) is 56.9 Å². The molecule has 1 aliphatic carbocycles. The lowest BCUT2D eigenvalue weighted by Crippen LogP contribution is -3.14. The van der Waals surface area contributed by atoms with Crippen LogP contribution >= 0.6 is 11.3 Å². The van der Waals surface area contributed by atoms with Gasteiger partial charge in [-0.1, -0.05) is 6.92 Å². The van der Waals surface area contributed by atoms with Crippen molar-refractivity contribution in [3.05, 3.63) is 16.0 Å². The Morgan fingerprint density at radius 3 is 2.68 bits per heavy atom. The lowest BCUT2D eigenvalue weighted by molar-refractivity contribution is -0.897. The first-order chi connectivity index (χ1) is 12.1. The van der Waals surface area contributed by atoms with E-state index in [4.69, 9.17) is 4.74 Å². The van der Waals surface area contributed by atoms with Gasteiger partial charge in [-0.25, -0.2) is 4.79 Å². The molecule has 0 aromatic carbocycles. The molecule has 1 fully saturated rings. The predicted octanol–water partition coefficient (Wildman–Crippen LogP) is 2.06. The molecule has 0 spiro atoms. The van der Waals surface area contributed by atoms with Gasteiger partial charge in [-0.3, -0.25) is 4.79 Å². The molecule has 0 saturated carbocycles. The van der Waals surface area contributed by atoms with E-state index in [2.05, 4.69) is 12.2 Å². The lowest BCUT2D eigenvalue weighted by Gasteiger charge is -2.26. The van der Waals surface area contributed by atoms with Crippen molar-refractivity contribution in [2.75, 3.05) is 31.6 Å². The van der Waals surface area contributed by atoms with Crippen molar-refractivity contribution in [2.24, 2.45) is 5.92 Å². The van der Waals surface area contributed by atoms with Gasteiger partial charge in [-0.2, -0.15) is 0 Å². The second-order valence-corrected chi connectivity index (χ2v) is 8.40. The number of rotatable bonds is 5. The summed E-state index contributed by atoms with van der Waals surface area (Å²) in [7, 11) is 0. The third-order valence-electron chi connectivity index (χ3n) is 5.30. The molecule has 0 atom stereocenters. The molecule has 2 N–H and O–H groups in total. The fourth-order valence-electron chi connectivity index (χ4n) is 3.82. The Bertz CT molecular complexity index is 633. The first-order valence-electron chi connectivity index (χ1n) is 9.53. The number of piperidine rings is 1. The van der Waals surface area contributed by atoms with E-state index >= 15 is 0 Å². The van der Waals surface area contributed by atoms with Gasteiger partial charge in [0.05, 0.1) is 25.3 Å². The van der Waals surface area contributed by atoms with E-state index in [1.165, 1.54) is 22.6 Å². The Morgan fingerprint density at radius 2 is 1.96 bits per heavy atom. The van der Waals surface area contributed by atoms with Gasteiger partial charge >= 0.3 is 5.97 Å². The number of hydrogen-bond donors (Lipinski definition) is 2. The number of likely N-dealkylation sites (tertiary alicyclic amines) is 1. The molecule has 0 unspecified atom stereocenters. The van der Waals surface area contributed by atoms with Crippen LogP contribution in [0.1, 0.15) is 60.3 Å². The summed E-state index contributed by atoms with van der Waals surface area (Å²) in [4.78, 5) is 27.5. The van der Waals surface area contributed by atoms with Crippen LogP contribution in [0.25, 0.3) is 0 Å². The van der Waals surface area contributed by atoms with Crippen LogP contribution < -0.4 is 10.2 Å². The molecule has 0 radical (unpaired) electrons. The summed E-state index contributed by atoms with van der Waals surface area (Å²) in [6.07, 6.45) is 6.52. The van der Waals surface area contributed by atoms with Crippen LogP contribution in [0.15, 0.2) is 0 Å². The van der Waals surface area contributed by atoms with Crippen molar-refractivity contribution in [1.29, 1.82) is 0 Å². The number of esters is 1. The first-order valence-corrected chi connectivity index (χ1v) is 10.3. The second kappa shape index (κ2) is 8.32. The Kier molecular flexibility index (Phi) is 6.12. The van der Waals surface area contributed by atoms with Gasteiger partial charge in [-0.15, -0.1) is 11.3 Å². The van der Waals surface area contributed by atoms with Gasteiger partial charge in [0.15, 0.2) is 6.54 Å².